The molecule has 0 spiro atoms. The molecule has 3 aromatic carbocycles. The minimum absolute atomic E-state index is 0.246. The Balaban J connectivity index is 1.55. The number of carbonyl (C=O) groups is 1. The number of nitrogens with zero attached hydrogens (tertiary/aromatic N) is 1. The first kappa shape index (κ1) is 15.7. The van der Waals surface area contributed by atoms with Gasteiger partial charge in [0, 0.05) is 39.4 Å². The number of benzene rings is 3. The van der Waals surface area contributed by atoms with Gasteiger partial charge in [0.1, 0.15) is 5.58 Å². The van der Waals surface area contributed by atoms with Crippen molar-refractivity contribution in [3.63, 3.8) is 0 Å². The van der Waals surface area contributed by atoms with E-state index in [4.69, 9.17) is 4.42 Å². The molecular weight excluding hydrogens is 336 g/mol. The fraction of sp³-hybridized carbons (Fsp3) is 0.0870. The number of aryl methyl sites for hydroxylation is 1. The van der Waals surface area contributed by atoms with Crippen LogP contribution >= 0.6 is 0 Å². The maximum absolute atomic E-state index is 12.6. The van der Waals surface area contributed by atoms with Gasteiger partial charge >= 0.3 is 0 Å². The fourth-order valence-corrected chi connectivity index (χ4v) is 3.76. The Morgan fingerprint density at radius 2 is 1.70 bits per heavy atom. The van der Waals surface area contributed by atoms with E-state index in [9.17, 15) is 4.79 Å². The van der Waals surface area contributed by atoms with E-state index in [0.29, 0.717) is 11.3 Å². The van der Waals surface area contributed by atoms with E-state index in [2.05, 4.69) is 41.1 Å². The van der Waals surface area contributed by atoms with Gasteiger partial charge in [0.15, 0.2) is 5.76 Å². The monoisotopic (exact) mass is 354 g/mol. The summed E-state index contributed by atoms with van der Waals surface area (Å²) in [6.07, 6.45) is 0. The van der Waals surface area contributed by atoms with Crippen molar-refractivity contribution in [3.8, 4) is 0 Å². The van der Waals surface area contributed by atoms with Crippen LogP contribution in [0.3, 0.4) is 0 Å². The van der Waals surface area contributed by atoms with Crippen LogP contribution in [0.4, 0.5) is 5.69 Å². The van der Waals surface area contributed by atoms with Gasteiger partial charge in [0.05, 0.1) is 0 Å². The highest BCUT2D eigenvalue weighted by Crippen LogP contribution is 2.31. The van der Waals surface area contributed by atoms with Crippen molar-refractivity contribution >= 4 is 44.4 Å². The number of nitrogens with one attached hydrogen (secondary N) is 1. The van der Waals surface area contributed by atoms with Gasteiger partial charge in [0.25, 0.3) is 5.91 Å². The SMILES string of the molecule is CCn1c2ccccc2c2cc(NC(=O)c3cc4ccccc4o3)ccc21. The Morgan fingerprint density at radius 1 is 0.926 bits per heavy atom. The summed E-state index contributed by atoms with van der Waals surface area (Å²) < 4.78 is 7.95. The lowest BCUT2D eigenvalue weighted by atomic mass is 10.1. The Hall–Kier alpha value is -3.53. The predicted octanol–water partition coefficient (Wildman–Crippen LogP) is 5.81. The van der Waals surface area contributed by atoms with E-state index in [1.807, 2.05) is 42.5 Å². The third kappa shape index (κ3) is 2.49. The molecule has 0 fully saturated rings. The van der Waals surface area contributed by atoms with Gasteiger partial charge in [-0.25, -0.2) is 0 Å². The van der Waals surface area contributed by atoms with Crippen LogP contribution in [0.1, 0.15) is 17.5 Å². The van der Waals surface area contributed by atoms with Crippen molar-refractivity contribution in [1.82, 2.24) is 4.57 Å². The summed E-state index contributed by atoms with van der Waals surface area (Å²) in [7, 11) is 0. The molecule has 4 nitrogen and oxygen atoms in total. The van der Waals surface area contributed by atoms with Crippen LogP contribution in [0, 0.1) is 0 Å². The van der Waals surface area contributed by atoms with Crippen molar-refractivity contribution < 1.29 is 9.21 Å². The molecule has 2 heterocycles. The van der Waals surface area contributed by atoms with Gasteiger partial charge in [-0.15, -0.1) is 0 Å². The second kappa shape index (κ2) is 6.02. The number of hydrogen-bond acceptors (Lipinski definition) is 2. The van der Waals surface area contributed by atoms with Crippen molar-refractivity contribution in [1.29, 1.82) is 0 Å². The number of aromatic nitrogens is 1. The zero-order valence-corrected chi connectivity index (χ0v) is 14.9. The van der Waals surface area contributed by atoms with Crippen LogP contribution in [-0.2, 0) is 6.54 Å². The number of hydrogen-bond donors (Lipinski definition) is 1. The Morgan fingerprint density at radius 3 is 2.56 bits per heavy atom. The van der Waals surface area contributed by atoms with Crippen molar-refractivity contribution in [2.45, 2.75) is 13.5 Å². The van der Waals surface area contributed by atoms with Crippen LogP contribution < -0.4 is 5.32 Å². The molecule has 132 valence electrons. The first-order chi connectivity index (χ1) is 13.2. The summed E-state index contributed by atoms with van der Waals surface area (Å²) >= 11 is 0. The summed E-state index contributed by atoms with van der Waals surface area (Å²) in [4.78, 5) is 12.6. The summed E-state index contributed by atoms with van der Waals surface area (Å²) in [5.74, 6) is 0.0667. The molecular formula is C23H18N2O2. The normalized spacial score (nSPS) is 11.4. The van der Waals surface area contributed by atoms with Crippen LogP contribution in [0.15, 0.2) is 77.2 Å². The van der Waals surface area contributed by atoms with Gasteiger partial charge in [-0.1, -0.05) is 36.4 Å². The highest BCUT2D eigenvalue weighted by atomic mass is 16.3. The lowest BCUT2D eigenvalue weighted by Gasteiger charge is -2.05. The highest BCUT2D eigenvalue weighted by Gasteiger charge is 2.14. The highest BCUT2D eigenvalue weighted by molar-refractivity contribution is 6.11. The molecule has 0 radical (unpaired) electrons. The van der Waals surface area contributed by atoms with E-state index in [1.54, 1.807) is 6.07 Å². The minimum Gasteiger partial charge on any atom is -0.451 e. The molecule has 0 saturated carbocycles. The van der Waals surface area contributed by atoms with Gasteiger partial charge in [-0.2, -0.15) is 0 Å². The Kier molecular flexibility index (Phi) is 3.50. The largest absolute Gasteiger partial charge is 0.451 e. The number of carbonyl (C=O) groups excluding carboxylic acids is 1. The number of fused-ring (bicyclic) bond motifs is 4. The molecule has 0 bridgehead atoms. The standard InChI is InChI=1S/C23H18N2O2/c1-2-25-19-9-5-4-8-17(19)18-14-16(11-12-20(18)25)24-23(26)22-13-15-7-3-6-10-21(15)27-22/h3-14H,2H2,1H3,(H,24,26). The molecule has 4 heteroatoms. The number of furan rings is 1. The average molecular weight is 354 g/mol. The number of para-hydroxylation sites is 2. The number of rotatable bonds is 3. The summed E-state index contributed by atoms with van der Waals surface area (Å²) in [6.45, 7) is 3.04. The van der Waals surface area contributed by atoms with E-state index >= 15 is 0 Å². The number of amides is 1. The Bertz CT molecular complexity index is 1280. The molecule has 0 unspecified atom stereocenters. The zero-order valence-electron chi connectivity index (χ0n) is 14.9. The maximum Gasteiger partial charge on any atom is 0.291 e. The van der Waals surface area contributed by atoms with Crippen LogP contribution in [0.25, 0.3) is 32.8 Å². The smallest absolute Gasteiger partial charge is 0.291 e. The molecule has 0 aliphatic rings. The minimum atomic E-state index is -0.246. The topological polar surface area (TPSA) is 47.2 Å². The zero-order chi connectivity index (χ0) is 18.4. The molecule has 5 rings (SSSR count). The molecule has 0 aliphatic heterocycles. The second-order valence-electron chi connectivity index (χ2n) is 6.60. The molecule has 5 aromatic rings. The number of anilines is 1. The molecule has 27 heavy (non-hydrogen) atoms. The second-order valence-corrected chi connectivity index (χ2v) is 6.60. The molecule has 1 amide bonds. The van der Waals surface area contributed by atoms with Gasteiger partial charge in [-0.3, -0.25) is 4.79 Å². The fourth-order valence-electron chi connectivity index (χ4n) is 3.76. The van der Waals surface area contributed by atoms with E-state index in [1.165, 1.54) is 16.4 Å². The molecule has 0 aliphatic carbocycles. The lowest BCUT2D eigenvalue weighted by Crippen LogP contribution is -2.10. The van der Waals surface area contributed by atoms with Gasteiger partial charge in [0.2, 0.25) is 0 Å². The van der Waals surface area contributed by atoms with Gasteiger partial charge < -0.3 is 14.3 Å². The third-order valence-corrected chi connectivity index (χ3v) is 5.00. The quantitative estimate of drug-likeness (QED) is 0.444. The van der Waals surface area contributed by atoms with Crippen molar-refractivity contribution in [3.05, 3.63) is 78.6 Å². The lowest BCUT2D eigenvalue weighted by molar-refractivity contribution is 0.0998. The van der Waals surface area contributed by atoms with Crippen LogP contribution in [-0.4, -0.2) is 10.5 Å². The third-order valence-electron chi connectivity index (χ3n) is 5.00. The summed E-state index contributed by atoms with van der Waals surface area (Å²) in [5.41, 5.74) is 3.84. The van der Waals surface area contributed by atoms with Crippen LogP contribution in [0.2, 0.25) is 0 Å². The molecule has 0 atom stereocenters. The first-order valence-electron chi connectivity index (χ1n) is 9.05. The Labute approximate surface area is 156 Å². The molecule has 0 saturated heterocycles. The van der Waals surface area contributed by atoms with Crippen molar-refractivity contribution in [2.24, 2.45) is 0 Å². The predicted molar refractivity (Wildman–Crippen MR) is 109 cm³/mol. The molecule has 1 N–H and O–H groups in total. The van der Waals surface area contributed by atoms with Crippen molar-refractivity contribution in [2.75, 3.05) is 5.32 Å². The van der Waals surface area contributed by atoms with Crippen LogP contribution in [0.5, 0.6) is 0 Å². The molecule has 2 aromatic heterocycles. The van der Waals surface area contributed by atoms with E-state index in [0.717, 1.165) is 23.0 Å². The van der Waals surface area contributed by atoms with E-state index < -0.39 is 0 Å². The maximum atomic E-state index is 12.6. The average Bonchev–Trinajstić information content (AvgIpc) is 3.27. The van der Waals surface area contributed by atoms with Gasteiger partial charge in [-0.05, 0) is 43.3 Å². The first-order valence-corrected chi connectivity index (χ1v) is 9.05. The summed E-state index contributed by atoms with van der Waals surface area (Å²) in [6, 6.07) is 23.8. The summed E-state index contributed by atoms with van der Waals surface area (Å²) in [5, 5.41) is 6.21. The van der Waals surface area contributed by atoms with E-state index in [-0.39, 0.29) is 5.91 Å².